The second-order valence-electron chi connectivity index (χ2n) is 8.69. The van der Waals surface area contributed by atoms with Crippen LogP contribution in [0.15, 0.2) is 4.99 Å². The Kier molecular flexibility index (Phi) is 9.31. The number of nitrogens with zero attached hydrogens (tertiary/aromatic N) is 3. The molecule has 7 nitrogen and oxygen atoms in total. The van der Waals surface area contributed by atoms with Crippen molar-refractivity contribution in [3.05, 3.63) is 0 Å². The predicted molar refractivity (Wildman–Crippen MR) is 114 cm³/mol. The van der Waals surface area contributed by atoms with E-state index >= 15 is 0 Å². The van der Waals surface area contributed by atoms with Gasteiger partial charge in [-0.25, -0.2) is 0 Å². The van der Waals surface area contributed by atoms with Crippen LogP contribution in [0.3, 0.4) is 0 Å². The topological polar surface area (TPSA) is 61.4 Å². The first-order chi connectivity index (χ1) is 13.7. The molecular formula is C21H41N5O2. The molecule has 0 radical (unpaired) electrons. The first kappa shape index (κ1) is 21.8. The second kappa shape index (κ2) is 12.0. The van der Waals surface area contributed by atoms with Crippen LogP contribution in [0.25, 0.3) is 0 Å². The Bertz CT molecular complexity index is 456. The molecule has 0 aromatic heterocycles. The summed E-state index contributed by atoms with van der Waals surface area (Å²) in [6, 6.07) is 0.531. The van der Waals surface area contributed by atoms with E-state index in [0.29, 0.717) is 12.0 Å². The summed E-state index contributed by atoms with van der Waals surface area (Å²) in [5, 5.41) is 7.12. The van der Waals surface area contributed by atoms with Gasteiger partial charge in [0.1, 0.15) is 0 Å². The largest absolute Gasteiger partial charge is 0.381 e. The summed E-state index contributed by atoms with van der Waals surface area (Å²) >= 11 is 0. The van der Waals surface area contributed by atoms with E-state index in [0.717, 1.165) is 71.0 Å². The van der Waals surface area contributed by atoms with E-state index in [1.165, 1.54) is 38.9 Å². The lowest BCUT2D eigenvalue weighted by Crippen LogP contribution is -2.49. The summed E-state index contributed by atoms with van der Waals surface area (Å²) in [6.07, 6.45) is 3.63. The third-order valence-corrected chi connectivity index (χ3v) is 6.05. The first-order valence-electron chi connectivity index (χ1n) is 11.4. The molecule has 2 atom stereocenters. The van der Waals surface area contributed by atoms with Crippen LogP contribution in [0.5, 0.6) is 0 Å². The zero-order valence-electron chi connectivity index (χ0n) is 18.0. The van der Waals surface area contributed by atoms with Gasteiger partial charge in [0.15, 0.2) is 5.96 Å². The van der Waals surface area contributed by atoms with Crippen LogP contribution in [0.2, 0.25) is 0 Å². The molecule has 3 rings (SSSR count). The molecule has 3 saturated heterocycles. The number of nitrogens with one attached hydrogen (secondary N) is 2. The molecule has 2 N–H and O–H groups in total. The molecule has 2 unspecified atom stereocenters. The summed E-state index contributed by atoms with van der Waals surface area (Å²) in [6.45, 7) is 16.6. The number of morpholine rings is 1. The maximum Gasteiger partial charge on any atom is 0.191 e. The summed E-state index contributed by atoms with van der Waals surface area (Å²) in [4.78, 5) is 9.99. The molecule has 0 aromatic rings. The minimum atomic E-state index is 0.531. The van der Waals surface area contributed by atoms with E-state index in [2.05, 4.69) is 34.3 Å². The highest BCUT2D eigenvalue weighted by Crippen LogP contribution is 2.17. The number of guanidine groups is 1. The van der Waals surface area contributed by atoms with Gasteiger partial charge in [0, 0.05) is 65.0 Å². The standard InChI is InChI=1S/C21H41N5O2/c1-3-22-21(23-14-18(2)15-26-9-12-27-13-10-26)24-20-4-7-25(8-5-20)16-19-6-11-28-17-19/h18-20H,3-17H2,1-2H3,(H2,22,23,24). The predicted octanol–water partition coefficient (Wildman–Crippen LogP) is 1.01. The van der Waals surface area contributed by atoms with E-state index < -0.39 is 0 Å². The molecule has 7 heteroatoms. The van der Waals surface area contributed by atoms with Crippen LogP contribution in [0.1, 0.15) is 33.1 Å². The monoisotopic (exact) mass is 395 g/mol. The van der Waals surface area contributed by atoms with Crippen LogP contribution in [0, 0.1) is 11.8 Å². The molecule has 3 aliphatic rings. The average Bonchev–Trinajstić information content (AvgIpc) is 3.22. The number of aliphatic imine (C=N–C) groups is 1. The molecule has 0 aliphatic carbocycles. The number of piperidine rings is 1. The first-order valence-corrected chi connectivity index (χ1v) is 11.4. The smallest absolute Gasteiger partial charge is 0.191 e. The SMILES string of the molecule is CCNC(=NCC(C)CN1CCOCC1)NC1CCN(CC2CCOC2)CC1. The summed E-state index contributed by atoms with van der Waals surface area (Å²) in [7, 11) is 0. The molecule has 28 heavy (non-hydrogen) atoms. The highest BCUT2D eigenvalue weighted by molar-refractivity contribution is 5.80. The van der Waals surface area contributed by atoms with Crippen LogP contribution < -0.4 is 10.6 Å². The molecular weight excluding hydrogens is 354 g/mol. The number of rotatable bonds is 8. The van der Waals surface area contributed by atoms with E-state index in [1.54, 1.807) is 0 Å². The van der Waals surface area contributed by atoms with Gasteiger partial charge < -0.3 is 25.0 Å². The van der Waals surface area contributed by atoms with Crippen molar-refractivity contribution >= 4 is 5.96 Å². The maximum absolute atomic E-state index is 5.52. The summed E-state index contributed by atoms with van der Waals surface area (Å²) < 4.78 is 11.0. The van der Waals surface area contributed by atoms with Crippen molar-refractivity contribution < 1.29 is 9.47 Å². The van der Waals surface area contributed by atoms with Gasteiger partial charge in [-0.3, -0.25) is 9.89 Å². The van der Waals surface area contributed by atoms with Crippen molar-refractivity contribution in [1.82, 2.24) is 20.4 Å². The van der Waals surface area contributed by atoms with Gasteiger partial charge in [-0.15, -0.1) is 0 Å². The number of likely N-dealkylation sites (tertiary alicyclic amines) is 1. The zero-order chi connectivity index (χ0) is 19.6. The Morgan fingerprint density at radius 1 is 1.04 bits per heavy atom. The fourth-order valence-corrected chi connectivity index (χ4v) is 4.40. The van der Waals surface area contributed by atoms with E-state index in [1.807, 2.05) is 0 Å². The fourth-order valence-electron chi connectivity index (χ4n) is 4.40. The van der Waals surface area contributed by atoms with E-state index in [-0.39, 0.29) is 0 Å². The number of hydrogen-bond donors (Lipinski definition) is 2. The minimum absolute atomic E-state index is 0.531. The highest BCUT2D eigenvalue weighted by Gasteiger charge is 2.24. The number of hydrogen-bond acceptors (Lipinski definition) is 5. The van der Waals surface area contributed by atoms with Crippen molar-refractivity contribution in [2.24, 2.45) is 16.8 Å². The lowest BCUT2D eigenvalue weighted by Gasteiger charge is -2.34. The van der Waals surface area contributed by atoms with Gasteiger partial charge in [0.05, 0.1) is 19.8 Å². The van der Waals surface area contributed by atoms with Gasteiger partial charge in [-0.2, -0.15) is 0 Å². The Morgan fingerprint density at radius 2 is 1.82 bits per heavy atom. The quantitative estimate of drug-likeness (QED) is 0.473. The van der Waals surface area contributed by atoms with Crippen LogP contribution in [-0.2, 0) is 9.47 Å². The average molecular weight is 396 g/mol. The lowest BCUT2D eigenvalue weighted by atomic mass is 10.0. The van der Waals surface area contributed by atoms with Crippen LogP contribution >= 0.6 is 0 Å². The Hall–Kier alpha value is -0.890. The molecule has 0 saturated carbocycles. The lowest BCUT2D eigenvalue weighted by molar-refractivity contribution is 0.0323. The van der Waals surface area contributed by atoms with Gasteiger partial charge in [-0.05, 0) is 38.0 Å². The van der Waals surface area contributed by atoms with Gasteiger partial charge >= 0.3 is 0 Å². The fraction of sp³-hybridized carbons (Fsp3) is 0.952. The minimum Gasteiger partial charge on any atom is -0.381 e. The normalized spacial score (nSPS) is 27.1. The van der Waals surface area contributed by atoms with Crippen molar-refractivity contribution in [2.45, 2.75) is 39.2 Å². The van der Waals surface area contributed by atoms with Crippen LogP contribution in [0.4, 0.5) is 0 Å². The van der Waals surface area contributed by atoms with Crippen LogP contribution in [-0.4, -0.2) is 101 Å². The number of ether oxygens (including phenoxy) is 2. The molecule has 0 amide bonds. The second-order valence-corrected chi connectivity index (χ2v) is 8.69. The molecule has 3 aliphatic heterocycles. The Balaban J connectivity index is 1.37. The van der Waals surface area contributed by atoms with Crippen molar-refractivity contribution in [1.29, 1.82) is 0 Å². The highest BCUT2D eigenvalue weighted by atomic mass is 16.5. The van der Waals surface area contributed by atoms with E-state index in [9.17, 15) is 0 Å². The molecule has 162 valence electrons. The van der Waals surface area contributed by atoms with E-state index in [4.69, 9.17) is 14.5 Å². The van der Waals surface area contributed by atoms with Gasteiger partial charge in [0.25, 0.3) is 0 Å². The molecule has 3 heterocycles. The van der Waals surface area contributed by atoms with Gasteiger partial charge in [-0.1, -0.05) is 6.92 Å². The molecule has 3 fully saturated rings. The van der Waals surface area contributed by atoms with Crippen molar-refractivity contribution in [3.63, 3.8) is 0 Å². The third-order valence-electron chi connectivity index (χ3n) is 6.05. The Labute approximate surface area is 171 Å². The summed E-state index contributed by atoms with van der Waals surface area (Å²) in [5.41, 5.74) is 0. The Morgan fingerprint density at radius 3 is 2.50 bits per heavy atom. The van der Waals surface area contributed by atoms with Crippen molar-refractivity contribution in [2.75, 3.05) is 78.8 Å². The van der Waals surface area contributed by atoms with Gasteiger partial charge in [0.2, 0.25) is 0 Å². The molecule has 0 spiro atoms. The molecule has 0 aromatic carbocycles. The maximum atomic E-state index is 5.52. The third kappa shape index (κ3) is 7.50. The van der Waals surface area contributed by atoms with Crippen molar-refractivity contribution in [3.8, 4) is 0 Å². The summed E-state index contributed by atoms with van der Waals surface area (Å²) in [5.74, 6) is 2.29. The molecule has 0 bridgehead atoms. The zero-order valence-corrected chi connectivity index (χ0v) is 18.0.